The fourth-order valence-electron chi connectivity index (χ4n) is 4.36. The van der Waals surface area contributed by atoms with Crippen LogP contribution in [0.15, 0.2) is 42.5 Å². The van der Waals surface area contributed by atoms with E-state index in [0.29, 0.717) is 18.0 Å². The second-order valence-corrected chi connectivity index (χ2v) is 8.53. The Balaban J connectivity index is 1.35. The van der Waals surface area contributed by atoms with Crippen molar-refractivity contribution in [3.05, 3.63) is 48.0 Å². The predicted molar refractivity (Wildman–Crippen MR) is 130 cm³/mol. The quantitative estimate of drug-likeness (QED) is 0.549. The van der Waals surface area contributed by atoms with E-state index in [1.54, 1.807) is 14.2 Å². The van der Waals surface area contributed by atoms with Crippen LogP contribution in [0, 0.1) is 0 Å². The van der Waals surface area contributed by atoms with E-state index < -0.39 is 0 Å². The van der Waals surface area contributed by atoms with Gasteiger partial charge in [-0.15, -0.1) is 0 Å². The van der Waals surface area contributed by atoms with Gasteiger partial charge < -0.3 is 25.0 Å². The van der Waals surface area contributed by atoms with Crippen molar-refractivity contribution in [2.45, 2.75) is 44.3 Å². The minimum Gasteiger partial charge on any atom is -0.497 e. The van der Waals surface area contributed by atoms with Crippen molar-refractivity contribution in [1.82, 2.24) is 15.3 Å². The summed E-state index contributed by atoms with van der Waals surface area (Å²) >= 11 is 0. The predicted octanol–water partition coefficient (Wildman–Crippen LogP) is 4.23. The van der Waals surface area contributed by atoms with Crippen LogP contribution in [0.3, 0.4) is 0 Å². The van der Waals surface area contributed by atoms with Gasteiger partial charge in [0.1, 0.15) is 17.3 Å². The molecule has 0 saturated heterocycles. The van der Waals surface area contributed by atoms with Gasteiger partial charge in [-0.2, -0.15) is 4.98 Å². The van der Waals surface area contributed by atoms with Crippen molar-refractivity contribution in [3.63, 3.8) is 0 Å². The molecule has 4 rings (SSSR count). The molecule has 1 heterocycles. The van der Waals surface area contributed by atoms with Crippen LogP contribution in [0.2, 0.25) is 0 Å². The molecule has 3 aromatic rings. The van der Waals surface area contributed by atoms with Crippen LogP contribution in [0.25, 0.3) is 10.9 Å². The van der Waals surface area contributed by atoms with Gasteiger partial charge in [0, 0.05) is 43.7 Å². The van der Waals surface area contributed by atoms with E-state index in [9.17, 15) is 0 Å². The van der Waals surface area contributed by atoms with Crippen LogP contribution in [0.1, 0.15) is 31.2 Å². The molecule has 1 aliphatic carbocycles. The summed E-state index contributed by atoms with van der Waals surface area (Å²) in [5.41, 5.74) is 2.09. The smallest absolute Gasteiger partial charge is 0.225 e. The van der Waals surface area contributed by atoms with Gasteiger partial charge in [-0.1, -0.05) is 12.1 Å². The monoisotopic (exact) mass is 435 g/mol. The standard InChI is InChI=1S/C25H33N5O2/c1-30(2)24-21-7-5-6-8-22(21)28-25(29-24)27-19-11-9-18(10-12-19)26-16-17-15-20(31-3)13-14-23(17)32-4/h5-8,13-15,18-19,26H,9-12,16H2,1-4H3,(H,27,28,29). The molecule has 1 saturated carbocycles. The number of rotatable bonds is 8. The van der Waals surface area contributed by atoms with E-state index in [-0.39, 0.29) is 0 Å². The highest BCUT2D eigenvalue weighted by Gasteiger charge is 2.22. The Labute approximate surface area is 190 Å². The molecule has 1 aliphatic rings. The molecule has 7 nitrogen and oxygen atoms in total. The molecular formula is C25H33N5O2. The Morgan fingerprint density at radius 2 is 1.69 bits per heavy atom. The first-order valence-electron chi connectivity index (χ1n) is 11.2. The van der Waals surface area contributed by atoms with E-state index in [2.05, 4.69) is 16.7 Å². The largest absolute Gasteiger partial charge is 0.497 e. The number of fused-ring (bicyclic) bond motifs is 1. The summed E-state index contributed by atoms with van der Waals surface area (Å²) < 4.78 is 10.9. The highest BCUT2D eigenvalue weighted by molar-refractivity contribution is 5.90. The topological polar surface area (TPSA) is 71.5 Å². The van der Waals surface area contributed by atoms with Crippen LogP contribution in [0.4, 0.5) is 11.8 Å². The van der Waals surface area contributed by atoms with Gasteiger partial charge in [-0.25, -0.2) is 4.98 Å². The number of nitrogens with one attached hydrogen (secondary N) is 2. The van der Waals surface area contributed by atoms with Gasteiger partial charge in [0.25, 0.3) is 0 Å². The third kappa shape index (κ3) is 5.05. The van der Waals surface area contributed by atoms with Crippen molar-refractivity contribution in [3.8, 4) is 11.5 Å². The number of anilines is 2. The molecule has 170 valence electrons. The Bertz CT molecular complexity index is 1050. The molecule has 1 aromatic heterocycles. The van der Waals surface area contributed by atoms with Crippen LogP contribution >= 0.6 is 0 Å². The maximum atomic E-state index is 5.50. The number of nitrogens with zero attached hydrogens (tertiary/aromatic N) is 3. The lowest BCUT2D eigenvalue weighted by atomic mass is 9.91. The van der Waals surface area contributed by atoms with Crippen molar-refractivity contribution in [2.75, 3.05) is 38.5 Å². The van der Waals surface area contributed by atoms with E-state index in [4.69, 9.17) is 19.4 Å². The third-order valence-corrected chi connectivity index (χ3v) is 6.14. The van der Waals surface area contributed by atoms with Gasteiger partial charge in [0.2, 0.25) is 5.95 Å². The molecule has 32 heavy (non-hydrogen) atoms. The van der Waals surface area contributed by atoms with E-state index >= 15 is 0 Å². The fourth-order valence-corrected chi connectivity index (χ4v) is 4.36. The number of ether oxygens (including phenoxy) is 2. The SMILES string of the molecule is COc1ccc(OC)c(CNC2CCC(Nc3nc(N(C)C)c4ccccc4n3)CC2)c1. The van der Waals surface area contributed by atoms with Crippen LogP contribution in [0.5, 0.6) is 11.5 Å². The maximum Gasteiger partial charge on any atom is 0.225 e. The fraction of sp³-hybridized carbons (Fsp3) is 0.440. The zero-order valence-electron chi connectivity index (χ0n) is 19.4. The number of hydrogen-bond donors (Lipinski definition) is 2. The molecule has 0 aliphatic heterocycles. The summed E-state index contributed by atoms with van der Waals surface area (Å²) in [5, 5.41) is 8.35. The highest BCUT2D eigenvalue weighted by Crippen LogP contribution is 2.27. The Morgan fingerprint density at radius 1 is 0.938 bits per heavy atom. The number of aromatic nitrogens is 2. The normalized spacial score (nSPS) is 18.4. The van der Waals surface area contributed by atoms with Gasteiger partial charge in [0.15, 0.2) is 0 Å². The summed E-state index contributed by atoms with van der Waals surface area (Å²) in [6.07, 6.45) is 4.39. The van der Waals surface area contributed by atoms with Crippen molar-refractivity contribution in [2.24, 2.45) is 0 Å². The van der Waals surface area contributed by atoms with Gasteiger partial charge in [0.05, 0.1) is 19.7 Å². The molecule has 7 heteroatoms. The molecule has 0 spiro atoms. The molecular weight excluding hydrogens is 402 g/mol. The molecule has 0 bridgehead atoms. The summed E-state index contributed by atoms with van der Waals surface area (Å²) in [7, 11) is 7.44. The van der Waals surface area contributed by atoms with E-state index in [0.717, 1.165) is 66.0 Å². The summed E-state index contributed by atoms with van der Waals surface area (Å²) in [6.45, 7) is 0.767. The average molecular weight is 436 g/mol. The average Bonchev–Trinajstić information content (AvgIpc) is 2.82. The van der Waals surface area contributed by atoms with Gasteiger partial charge in [-0.3, -0.25) is 0 Å². The van der Waals surface area contributed by atoms with Gasteiger partial charge >= 0.3 is 0 Å². The van der Waals surface area contributed by atoms with Crippen LogP contribution in [-0.2, 0) is 6.54 Å². The van der Waals surface area contributed by atoms with Crippen molar-refractivity contribution < 1.29 is 9.47 Å². The number of hydrogen-bond acceptors (Lipinski definition) is 7. The summed E-state index contributed by atoms with van der Waals surface area (Å²) in [4.78, 5) is 11.6. The van der Waals surface area contributed by atoms with Crippen LogP contribution < -0.4 is 25.0 Å². The molecule has 2 N–H and O–H groups in total. The van der Waals surface area contributed by atoms with Crippen molar-refractivity contribution >= 4 is 22.7 Å². The van der Waals surface area contributed by atoms with Gasteiger partial charge in [-0.05, 0) is 56.0 Å². The minimum absolute atomic E-state index is 0.385. The summed E-state index contributed by atoms with van der Waals surface area (Å²) in [5.74, 6) is 3.40. The summed E-state index contributed by atoms with van der Waals surface area (Å²) in [6, 6.07) is 15.0. The lowest BCUT2D eigenvalue weighted by molar-refractivity contribution is 0.347. The maximum absolute atomic E-state index is 5.50. The molecule has 1 fully saturated rings. The molecule has 0 radical (unpaired) electrons. The second-order valence-electron chi connectivity index (χ2n) is 8.53. The number of para-hydroxylation sites is 1. The Kier molecular flexibility index (Phi) is 6.95. The van der Waals surface area contributed by atoms with E-state index in [1.165, 1.54) is 0 Å². The minimum atomic E-state index is 0.385. The number of benzene rings is 2. The lowest BCUT2D eigenvalue weighted by Crippen LogP contribution is -2.37. The first-order valence-corrected chi connectivity index (χ1v) is 11.2. The Morgan fingerprint density at radius 3 is 2.41 bits per heavy atom. The first-order chi connectivity index (χ1) is 15.6. The van der Waals surface area contributed by atoms with Crippen LogP contribution in [-0.4, -0.2) is 50.4 Å². The molecule has 0 unspecified atom stereocenters. The second kappa shape index (κ2) is 10.0. The van der Waals surface area contributed by atoms with E-state index in [1.807, 2.05) is 55.4 Å². The lowest BCUT2D eigenvalue weighted by Gasteiger charge is -2.30. The molecule has 2 aromatic carbocycles. The number of methoxy groups -OCH3 is 2. The Hall–Kier alpha value is -3.06. The molecule has 0 amide bonds. The zero-order chi connectivity index (χ0) is 22.5. The molecule has 0 atom stereocenters. The third-order valence-electron chi connectivity index (χ3n) is 6.14. The highest BCUT2D eigenvalue weighted by atomic mass is 16.5. The zero-order valence-corrected chi connectivity index (χ0v) is 19.4. The van der Waals surface area contributed by atoms with Crippen molar-refractivity contribution in [1.29, 1.82) is 0 Å². The first kappa shape index (κ1) is 22.1.